The number of likely N-dealkylation sites (N-methyl/N-ethyl adjacent to an activating group) is 1. The Labute approximate surface area is 218 Å². The van der Waals surface area contributed by atoms with Gasteiger partial charge in [-0.05, 0) is 44.7 Å². The Kier molecular flexibility index (Phi) is 7.03. The van der Waals surface area contributed by atoms with Crippen molar-refractivity contribution in [3.63, 3.8) is 0 Å². The maximum atomic E-state index is 13.7. The van der Waals surface area contributed by atoms with Gasteiger partial charge in [0.25, 0.3) is 5.56 Å². The van der Waals surface area contributed by atoms with Crippen molar-refractivity contribution in [2.45, 2.75) is 19.9 Å². The second kappa shape index (κ2) is 10.4. The van der Waals surface area contributed by atoms with E-state index in [4.69, 9.17) is 13.9 Å². The molecule has 10 heteroatoms. The zero-order valence-corrected chi connectivity index (χ0v) is 22.2. The van der Waals surface area contributed by atoms with Crippen molar-refractivity contribution in [1.29, 1.82) is 0 Å². The van der Waals surface area contributed by atoms with Gasteiger partial charge in [0.2, 0.25) is 0 Å². The van der Waals surface area contributed by atoms with Crippen LogP contribution in [0.15, 0.2) is 61.9 Å². The Morgan fingerprint density at radius 3 is 2.57 bits per heavy atom. The molecule has 0 aliphatic carbocycles. The summed E-state index contributed by atoms with van der Waals surface area (Å²) in [4.78, 5) is 36.4. The van der Waals surface area contributed by atoms with E-state index in [2.05, 4.69) is 21.8 Å². The number of hydrogen-bond donors (Lipinski definition) is 0. The number of nitrogens with zero attached hydrogens (tertiary/aromatic N) is 4. The molecular formula is C27H30N4O5S. The Morgan fingerprint density at radius 1 is 1.16 bits per heavy atom. The van der Waals surface area contributed by atoms with E-state index < -0.39 is 12.0 Å². The van der Waals surface area contributed by atoms with Gasteiger partial charge in [-0.1, -0.05) is 23.5 Å². The highest BCUT2D eigenvalue weighted by Gasteiger charge is 2.33. The van der Waals surface area contributed by atoms with E-state index in [1.807, 2.05) is 36.4 Å². The number of rotatable bonds is 6. The largest absolute Gasteiger partial charge is 0.497 e. The van der Waals surface area contributed by atoms with Crippen LogP contribution in [0.3, 0.4) is 0 Å². The van der Waals surface area contributed by atoms with Gasteiger partial charge in [0, 0.05) is 38.3 Å². The van der Waals surface area contributed by atoms with E-state index in [0.29, 0.717) is 32.1 Å². The minimum absolute atomic E-state index is 0.226. The van der Waals surface area contributed by atoms with E-state index in [1.54, 1.807) is 31.6 Å². The van der Waals surface area contributed by atoms with Crippen molar-refractivity contribution in [2.75, 3.05) is 51.8 Å². The first-order valence-electron chi connectivity index (χ1n) is 12.3. The molecule has 0 spiro atoms. The van der Waals surface area contributed by atoms with Gasteiger partial charge in [-0.25, -0.2) is 9.79 Å². The SMILES string of the molecule is CCOC(=O)C1=C(C)N=c2s/c(=C/c3ccc(N4CCN(C)CC4)o3)c(=O)n2[C@H]1c1ccc(OC)cc1. The van der Waals surface area contributed by atoms with Gasteiger partial charge in [0.05, 0.1) is 35.6 Å². The fraction of sp³-hybridized carbons (Fsp3) is 0.370. The average molecular weight is 523 g/mol. The first-order chi connectivity index (χ1) is 17.9. The highest BCUT2D eigenvalue weighted by molar-refractivity contribution is 7.07. The molecule has 1 saturated heterocycles. The predicted octanol–water partition coefficient (Wildman–Crippen LogP) is 2.15. The first-order valence-corrected chi connectivity index (χ1v) is 13.1. The van der Waals surface area contributed by atoms with E-state index in [0.717, 1.165) is 37.6 Å². The number of carbonyl (C=O) groups excluding carboxylic acids is 1. The number of piperazine rings is 1. The third kappa shape index (κ3) is 4.86. The lowest BCUT2D eigenvalue weighted by Crippen LogP contribution is -2.44. The lowest BCUT2D eigenvalue weighted by molar-refractivity contribution is -0.139. The standard InChI is InChI=1S/C27H30N4O5S/c1-5-35-26(33)23-17(2)28-27-31(24(23)18-6-8-19(34-4)9-7-18)25(32)21(37-27)16-20-10-11-22(36-20)30-14-12-29(3)13-15-30/h6-11,16,24H,5,12-15H2,1-4H3/b21-16+/t24-/m0/s1. The summed E-state index contributed by atoms with van der Waals surface area (Å²) in [5, 5.41) is 0. The maximum Gasteiger partial charge on any atom is 0.338 e. The van der Waals surface area contributed by atoms with Gasteiger partial charge in [0.1, 0.15) is 11.5 Å². The van der Waals surface area contributed by atoms with Crippen LogP contribution in [-0.2, 0) is 9.53 Å². The molecule has 9 nitrogen and oxygen atoms in total. The van der Waals surface area contributed by atoms with Crippen molar-refractivity contribution in [2.24, 2.45) is 4.99 Å². The number of esters is 1. The lowest BCUT2D eigenvalue weighted by Gasteiger charge is -2.32. The number of carbonyl (C=O) groups is 1. The lowest BCUT2D eigenvalue weighted by atomic mass is 9.96. The van der Waals surface area contributed by atoms with E-state index in [-0.39, 0.29) is 12.2 Å². The van der Waals surface area contributed by atoms with Crippen molar-refractivity contribution in [3.05, 3.63) is 78.7 Å². The smallest absolute Gasteiger partial charge is 0.338 e. The molecule has 0 saturated carbocycles. The number of methoxy groups -OCH3 is 1. The second-order valence-corrected chi connectivity index (χ2v) is 10.1. The number of anilines is 1. The molecule has 2 aliphatic heterocycles. The highest BCUT2D eigenvalue weighted by atomic mass is 32.1. The monoisotopic (exact) mass is 522 g/mol. The number of hydrogen-bond acceptors (Lipinski definition) is 9. The quantitative estimate of drug-likeness (QED) is 0.459. The van der Waals surface area contributed by atoms with Crippen molar-refractivity contribution in [3.8, 4) is 5.75 Å². The van der Waals surface area contributed by atoms with Crippen LogP contribution in [0.1, 0.15) is 31.2 Å². The minimum atomic E-state index is -0.666. The van der Waals surface area contributed by atoms with Gasteiger partial charge in [-0.3, -0.25) is 9.36 Å². The van der Waals surface area contributed by atoms with Crippen LogP contribution in [0.4, 0.5) is 5.88 Å². The predicted molar refractivity (Wildman–Crippen MR) is 142 cm³/mol. The fourth-order valence-electron chi connectivity index (χ4n) is 4.64. The van der Waals surface area contributed by atoms with Gasteiger partial charge < -0.3 is 23.7 Å². The summed E-state index contributed by atoms with van der Waals surface area (Å²) >= 11 is 1.28. The van der Waals surface area contributed by atoms with Crippen molar-refractivity contribution >= 4 is 29.3 Å². The number of thiazole rings is 1. The van der Waals surface area contributed by atoms with Crippen LogP contribution in [-0.4, -0.2) is 62.4 Å². The molecule has 0 bridgehead atoms. The molecule has 1 fully saturated rings. The molecule has 0 unspecified atom stereocenters. The summed E-state index contributed by atoms with van der Waals surface area (Å²) in [5.74, 6) is 1.59. The Balaban J connectivity index is 1.57. The molecule has 1 atom stereocenters. The summed E-state index contributed by atoms with van der Waals surface area (Å²) in [5.41, 5.74) is 1.40. The molecule has 0 amide bonds. The molecule has 2 aromatic heterocycles. The number of ether oxygens (including phenoxy) is 2. The van der Waals surface area contributed by atoms with Crippen molar-refractivity contribution < 1.29 is 18.7 Å². The summed E-state index contributed by atoms with van der Waals surface area (Å²) in [7, 11) is 3.70. The zero-order chi connectivity index (χ0) is 26.1. The van der Waals surface area contributed by atoms with Crippen LogP contribution < -0.4 is 24.5 Å². The molecule has 5 rings (SSSR count). The van der Waals surface area contributed by atoms with Gasteiger partial charge in [-0.15, -0.1) is 0 Å². The molecule has 0 N–H and O–H groups in total. The number of benzene rings is 1. The van der Waals surface area contributed by atoms with Gasteiger partial charge >= 0.3 is 5.97 Å². The van der Waals surface area contributed by atoms with E-state index in [9.17, 15) is 9.59 Å². The fourth-order valence-corrected chi connectivity index (χ4v) is 5.67. The number of aromatic nitrogens is 1. The van der Waals surface area contributed by atoms with Crippen LogP contribution in [0.5, 0.6) is 5.75 Å². The summed E-state index contributed by atoms with van der Waals surface area (Å²) in [6.45, 7) is 7.49. The number of furan rings is 1. The van der Waals surface area contributed by atoms with Gasteiger partial charge in [-0.2, -0.15) is 0 Å². The van der Waals surface area contributed by atoms with Crippen molar-refractivity contribution in [1.82, 2.24) is 9.47 Å². The topological polar surface area (TPSA) is 89.5 Å². The second-order valence-electron chi connectivity index (χ2n) is 9.04. The van der Waals surface area contributed by atoms with E-state index in [1.165, 1.54) is 11.3 Å². The molecule has 37 heavy (non-hydrogen) atoms. The van der Waals surface area contributed by atoms with Gasteiger partial charge in [0.15, 0.2) is 10.7 Å². The van der Waals surface area contributed by atoms with Crippen LogP contribution in [0.25, 0.3) is 6.08 Å². The summed E-state index contributed by atoms with van der Waals surface area (Å²) in [6, 6.07) is 10.5. The third-order valence-electron chi connectivity index (χ3n) is 6.65. The average Bonchev–Trinajstić information content (AvgIpc) is 3.48. The Morgan fingerprint density at radius 2 is 1.89 bits per heavy atom. The Hall–Kier alpha value is -3.63. The molecule has 4 heterocycles. The highest BCUT2D eigenvalue weighted by Crippen LogP contribution is 2.31. The molecular weight excluding hydrogens is 492 g/mol. The third-order valence-corrected chi connectivity index (χ3v) is 7.63. The number of allylic oxidation sites excluding steroid dienone is 1. The summed E-state index contributed by atoms with van der Waals surface area (Å²) in [6.07, 6.45) is 1.75. The Bertz CT molecular complexity index is 1510. The first kappa shape index (κ1) is 25.0. The molecule has 0 radical (unpaired) electrons. The molecule has 1 aromatic carbocycles. The zero-order valence-electron chi connectivity index (χ0n) is 21.4. The normalized spacial score (nSPS) is 18.5. The number of fused-ring (bicyclic) bond motifs is 1. The minimum Gasteiger partial charge on any atom is -0.497 e. The summed E-state index contributed by atoms with van der Waals surface area (Å²) < 4.78 is 18.8. The van der Waals surface area contributed by atoms with Crippen LogP contribution >= 0.6 is 11.3 Å². The molecule has 2 aliphatic rings. The molecule has 194 valence electrons. The van der Waals surface area contributed by atoms with Crippen LogP contribution in [0, 0.1) is 0 Å². The molecule has 3 aromatic rings. The van der Waals surface area contributed by atoms with E-state index >= 15 is 0 Å². The van der Waals surface area contributed by atoms with Crippen LogP contribution in [0.2, 0.25) is 0 Å². The maximum absolute atomic E-state index is 13.7.